The van der Waals surface area contributed by atoms with Crippen LogP contribution in [0.15, 0.2) is 29.1 Å². The van der Waals surface area contributed by atoms with Crippen molar-refractivity contribution in [2.24, 2.45) is 0 Å². The highest BCUT2D eigenvalue weighted by Gasteiger charge is 2.31. The maximum absolute atomic E-state index is 12.8. The summed E-state index contributed by atoms with van der Waals surface area (Å²) < 4.78 is 5.45. The number of carbonyl (C=O) groups excluding carboxylic acids is 2. The van der Waals surface area contributed by atoms with Gasteiger partial charge in [-0.15, -0.1) is 11.3 Å². The SMILES string of the molecule is Cc1nc2sc(C(=O)O[C@@H](C)C(=O)N3CCc4ccccc43)c(C)c2c(=O)[nH]1. The van der Waals surface area contributed by atoms with Crippen LogP contribution in [0.3, 0.4) is 0 Å². The average molecular weight is 397 g/mol. The lowest BCUT2D eigenvalue weighted by Gasteiger charge is -2.21. The molecule has 0 unspecified atom stereocenters. The smallest absolute Gasteiger partial charge is 0.349 e. The van der Waals surface area contributed by atoms with Crippen molar-refractivity contribution in [1.82, 2.24) is 9.97 Å². The molecule has 1 aliphatic heterocycles. The molecule has 0 radical (unpaired) electrons. The van der Waals surface area contributed by atoms with Crippen LogP contribution in [0.2, 0.25) is 0 Å². The highest BCUT2D eigenvalue weighted by molar-refractivity contribution is 7.20. The zero-order valence-electron chi connectivity index (χ0n) is 15.7. The predicted octanol–water partition coefficient (Wildman–Crippen LogP) is 2.74. The van der Waals surface area contributed by atoms with Gasteiger partial charge in [0.1, 0.15) is 15.5 Å². The first-order valence-corrected chi connectivity index (χ1v) is 9.78. The van der Waals surface area contributed by atoms with Crippen LogP contribution >= 0.6 is 11.3 Å². The first kappa shape index (κ1) is 18.4. The zero-order chi connectivity index (χ0) is 20.0. The predicted molar refractivity (Wildman–Crippen MR) is 107 cm³/mol. The third-order valence-electron chi connectivity index (χ3n) is 4.89. The number of nitrogens with zero attached hydrogens (tertiary/aromatic N) is 2. The number of carbonyl (C=O) groups is 2. The standard InChI is InChI=1S/C20H19N3O4S/c1-10-15-17(24)21-12(3)22-18(15)28-16(10)20(26)27-11(2)19(25)23-9-8-13-6-4-5-7-14(13)23/h4-7,11H,8-9H2,1-3H3,(H,21,22,24)/t11-/m0/s1. The number of thiophene rings is 1. The van der Waals surface area contributed by atoms with Crippen LogP contribution in [0.5, 0.6) is 0 Å². The fourth-order valence-corrected chi connectivity index (χ4v) is 4.61. The van der Waals surface area contributed by atoms with Gasteiger partial charge in [-0.1, -0.05) is 18.2 Å². The van der Waals surface area contributed by atoms with Gasteiger partial charge in [-0.3, -0.25) is 9.59 Å². The Kier molecular flexibility index (Phi) is 4.50. The van der Waals surface area contributed by atoms with Gasteiger partial charge in [0.15, 0.2) is 6.10 Å². The monoisotopic (exact) mass is 397 g/mol. The molecule has 3 aromatic rings. The Hall–Kier alpha value is -3.00. The molecule has 1 N–H and O–H groups in total. The molecule has 1 aliphatic rings. The number of para-hydroxylation sites is 1. The van der Waals surface area contributed by atoms with Crippen LogP contribution in [-0.4, -0.2) is 34.5 Å². The molecule has 7 nitrogen and oxygen atoms in total. The van der Waals surface area contributed by atoms with E-state index in [9.17, 15) is 14.4 Å². The minimum atomic E-state index is -0.934. The van der Waals surface area contributed by atoms with E-state index in [2.05, 4.69) is 9.97 Å². The Morgan fingerprint density at radius 2 is 2.04 bits per heavy atom. The Bertz CT molecular complexity index is 1160. The number of benzene rings is 1. The van der Waals surface area contributed by atoms with Gasteiger partial charge in [-0.05, 0) is 44.4 Å². The van der Waals surface area contributed by atoms with E-state index in [4.69, 9.17) is 4.74 Å². The van der Waals surface area contributed by atoms with E-state index in [0.29, 0.717) is 33.0 Å². The molecule has 28 heavy (non-hydrogen) atoms. The van der Waals surface area contributed by atoms with Gasteiger partial charge in [0, 0.05) is 12.2 Å². The van der Waals surface area contributed by atoms with E-state index in [1.807, 2.05) is 24.3 Å². The molecule has 0 saturated heterocycles. The molecule has 0 aliphatic carbocycles. The third kappa shape index (κ3) is 2.99. The summed E-state index contributed by atoms with van der Waals surface area (Å²) in [5.41, 5.74) is 2.20. The van der Waals surface area contributed by atoms with Crippen LogP contribution in [0, 0.1) is 13.8 Å². The topological polar surface area (TPSA) is 92.4 Å². The van der Waals surface area contributed by atoms with E-state index < -0.39 is 12.1 Å². The lowest BCUT2D eigenvalue weighted by molar-refractivity contribution is -0.126. The number of aryl methyl sites for hydroxylation is 2. The van der Waals surface area contributed by atoms with E-state index >= 15 is 0 Å². The van der Waals surface area contributed by atoms with Gasteiger partial charge < -0.3 is 14.6 Å². The highest BCUT2D eigenvalue weighted by Crippen LogP contribution is 2.30. The summed E-state index contributed by atoms with van der Waals surface area (Å²) in [4.78, 5) is 47.0. The number of anilines is 1. The van der Waals surface area contributed by atoms with Crippen molar-refractivity contribution in [1.29, 1.82) is 0 Å². The van der Waals surface area contributed by atoms with E-state index in [0.717, 1.165) is 29.0 Å². The molecular weight excluding hydrogens is 378 g/mol. The van der Waals surface area contributed by atoms with Crippen LogP contribution in [0.4, 0.5) is 5.69 Å². The maximum Gasteiger partial charge on any atom is 0.349 e. The summed E-state index contributed by atoms with van der Waals surface area (Å²) in [5, 5.41) is 0.384. The van der Waals surface area contributed by atoms with Gasteiger partial charge in [-0.25, -0.2) is 9.78 Å². The molecule has 4 rings (SSSR count). The Morgan fingerprint density at radius 1 is 1.29 bits per heavy atom. The summed E-state index contributed by atoms with van der Waals surface area (Å²) in [6.45, 7) is 5.51. The van der Waals surface area contributed by atoms with Crippen LogP contribution in [0.25, 0.3) is 10.2 Å². The quantitative estimate of drug-likeness (QED) is 0.686. The number of ether oxygens (including phenoxy) is 1. The van der Waals surface area contributed by atoms with Crippen molar-refractivity contribution in [3.63, 3.8) is 0 Å². The molecule has 2 aromatic heterocycles. The molecule has 0 bridgehead atoms. The first-order valence-electron chi connectivity index (χ1n) is 8.97. The minimum Gasteiger partial charge on any atom is -0.448 e. The third-order valence-corrected chi connectivity index (χ3v) is 6.05. The average Bonchev–Trinajstić information content (AvgIpc) is 3.22. The number of fused-ring (bicyclic) bond motifs is 2. The molecule has 3 heterocycles. The van der Waals surface area contributed by atoms with Gasteiger partial charge >= 0.3 is 5.97 Å². The molecule has 1 aromatic carbocycles. The van der Waals surface area contributed by atoms with Crippen LogP contribution in [-0.2, 0) is 16.0 Å². The van der Waals surface area contributed by atoms with Crippen molar-refractivity contribution >= 4 is 39.1 Å². The van der Waals surface area contributed by atoms with Crippen molar-refractivity contribution in [2.45, 2.75) is 33.3 Å². The Labute approximate surface area is 165 Å². The lowest BCUT2D eigenvalue weighted by atomic mass is 10.2. The number of rotatable bonds is 3. The fourth-order valence-electron chi connectivity index (χ4n) is 3.50. The molecule has 144 valence electrons. The normalized spacial score (nSPS) is 14.2. The number of amides is 1. The Morgan fingerprint density at radius 3 is 2.82 bits per heavy atom. The number of aromatic amines is 1. The number of nitrogens with one attached hydrogen (secondary N) is 1. The fraction of sp³-hybridized carbons (Fsp3) is 0.300. The van der Waals surface area contributed by atoms with Crippen LogP contribution in [0.1, 0.15) is 33.5 Å². The number of esters is 1. The van der Waals surface area contributed by atoms with Gasteiger partial charge in [0.05, 0.1) is 5.39 Å². The van der Waals surface area contributed by atoms with Crippen molar-refractivity contribution < 1.29 is 14.3 Å². The summed E-state index contributed by atoms with van der Waals surface area (Å²) in [6.07, 6.45) is -0.150. The van der Waals surface area contributed by atoms with Crippen LogP contribution < -0.4 is 10.5 Å². The van der Waals surface area contributed by atoms with Gasteiger partial charge in [-0.2, -0.15) is 0 Å². The van der Waals surface area contributed by atoms with Crippen molar-refractivity contribution in [2.75, 3.05) is 11.4 Å². The van der Waals surface area contributed by atoms with Gasteiger partial charge in [0.2, 0.25) is 0 Å². The summed E-state index contributed by atoms with van der Waals surface area (Å²) in [6, 6.07) is 7.71. The Balaban J connectivity index is 1.56. The molecule has 8 heteroatoms. The second kappa shape index (κ2) is 6.87. The molecule has 1 atom stereocenters. The molecule has 0 spiro atoms. The van der Waals surface area contributed by atoms with Gasteiger partial charge in [0.25, 0.3) is 11.5 Å². The number of H-pyrrole nitrogens is 1. The lowest BCUT2D eigenvalue weighted by Crippen LogP contribution is -2.39. The molecule has 1 amide bonds. The number of hydrogen-bond donors (Lipinski definition) is 1. The zero-order valence-corrected chi connectivity index (χ0v) is 16.6. The number of hydrogen-bond acceptors (Lipinski definition) is 6. The largest absolute Gasteiger partial charge is 0.448 e. The van der Waals surface area contributed by atoms with E-state index in [-0.39, 0.29) is 11.5 Å². The summed E-state index contributed by atoms with van der Waals surface area (Å²) in [5.74, 6) is -0.398. The second-order valence-corrected chi connectivity index (χ2v) is 7.80. The molecular formula is C20H19N3O4S. The first-order chi connectivity index (χ1) is 13.4. The van der Waals surface area contributed by atoms with E-state index in [1.165, 1.54) is 0 Å². The summed E-state index contributed by atoms with van der Waals surface area (Å²) in [7, 11) is 0. The number of aromatic nitrogens is 2. The molecule has 0 saturated carbocycles. The summed E-state index contributed by atoms with van der Waals surface area (Å²) >= 11 is 1.10. The van der Waals surface area contributed by atoms with Crippen molar-refractivity contribution in [3.8, 4) is 0 Å². The van der Waals surface area contributed by atoms with Crippen molar-refractivity contribution in [3.05, 3.63) is 56.4 Å². The minimum absolute atomic E-state index is 0.260. The second-order valence-electron chi connectivity index (χ2n) is 6.80. The molecule has 0 fully saturated rings. The maximum atomic E-state index is 12.8. The van der Waals surface area contributed by atoms with E-state index in [1.54, 1.807) is 25.7 Å². The highest BCUT2D eigenvalue weighted by atomic mass is 32.1.